The molecule has 1 aliphatic rings. The van der Waals surface area contributed by atoms with Gasteiger partial charge in [0.2, 0.25) is 0 Å². The Bertz CT molecular complexity index is 939. The number of fused-ring (bicyclic) bond motifs is 1. The van der Waals surface area contributed by atoms with Gasteiger partial charge in [0.25, 0.3) is 5.91 Å². The third-order valence-electron chi connectivity index (χ3n) is 5.43. The molecule has 1 aliphatic heterocycles. The van der Waals surface area contributed by atoms with E-state index in [2.05, 4.69) is 23.2 Å². The van der Waals surface area contributed by atoms with E-state index in [1.165, 1.54) is 5.56 Å². The van der Waals surface area contributed by atoms with Crippen molar-refractivity contribution >= 4 is 16.9 Å². The highest BCUT2D eigenvalue weighted by atomic mass is 16.5. The highest BCUT2D eigenvalue weighted by Gasteiger charge is 2.26. The molecule has 6 nitrogen and oxygen atoms in total. The molecular weight excluding hydrogens is 356 g/mol. The number of carbonyl (C=O) groups excluding carboxylic acids is 1. The van der Waals surface area contributed by atoms with Gasteiger partial charge in [0.15, 0.2) is 5.76 Å². The zero-order chi connectivity index (χ0) is 19.5. The fourth-order valence-electron chi connectivity index (χ4n) is 3.75. The average molecular weight is 382 g/mol. The number of hydrogen-bond donors (Lipinski definition) is 1. The van der Waals surface area contributed by atoms with Crippen molar-refractivity contribution in [3.05, 3.63) is 59.2 Å². The predicted octanol–water partition coefficient (Wildman–Crippen LogP) is 3.70. The molecule has 0 radical (unpaired) electrons. The lowest BCUT2D eigenvalue weighted by molar-refractivity contribution is 0.0117. The maximum absolute atomic E-state index is 12.9. The lowest BCUT2D eigenvalue weighted by atomic mass is 10.1. The van der Waals surface area contributed by atoms with Crippen molar-refractivity contribution in [3.63, 3.8) is 0 Å². The SMILES string of the molecule is CCc1ccc2oc(C(=O)NCC(c3ccco3)N3CCOCC3)c(C)c2c1. The van der Waals surface area contributed by atoms with Crippen LogP contribution in [0.5, 0.6) is 0 Å². The van der Waals surface area contributed by atoms with Gasteiger partial charge in [0.1, 0.15) is 11.3 Å². The van der Waals surface area contributed by atoms with Crippen LogP contribution in [0.15, 0.2) is 45.4 Å². The maximum Gasteiger partial charge on any atom is 0.287 e. The third-order valence-corrected chi connectivity index (χ3v) is 5.43. The maximum atomic E-state index is 12.9. The Kier molecular flexibility index (Phi) is 5.50. The molecular formula is C22H26N2O4. The molecule has 0 bridgehead atoms. The molecule has 6 heteroatoms. The quantitative estimate of drug-likeness (QED) is 0.704. The number of benzene rings is 1. The van der Waals surface area contributed by atoms with E-state index in [-0.39, 0.29) is 11.9 Å². The van der Waals surface area contributed by atoms with Gasteiger partial charge in [-0.1, -0.05) is 13.0 Å². The van der Waals surface area contributed by atoms with E-state index >= 15 is 0 Å². The summed E-state index contributed by atoms with van der Waals surface area (Å²) in [6.45, 7) is 7.50. The largest absolute Gasteiger partial charge is 0.468 e. The summed E-state index contributed by atoms with van der Waals surface area (Å²) in [4.78, 5) is 15.1. The van der Waals surface area contributed by atoms with E-state index in [0.717, 1.165) is 41.8 Å². The second-order valence-electron chi connectivity index (χ2n) is 7.13. The van der Waals surface area contributed by atoms with Crippen LogP contribution in [-0.2, 0) is 11.2 Å². The summed E-state index contributed by atoms with van der Waals surface area (Å²) in [7, 11) is 0. The van der Waals surface area contributed by atoms with Gasteiger partial charge >= 0.3 is 0 Å². The Morgan fingerprint density at radius 3 is 2.79 bits per heavy atom. The van der Waals surface area contributed by atoms with Crippen LogP contribution in [0, 0.1) is 6.92 Å². The summed E-state index contributed by atoms with van der Waals surface area (Å²) in [6, 6.07) is 9.88. The van der Waals surface area contributed by atoms with E-state index in [9.17, 15) is 4.79 Å². The van der Waals surface area contributed by atoms with Crippen molar-refractivity contribution in [1.29, 1.82) is 0 Å². The molecule has 2 aromatic heterocycles. The minimum atomic E-state index is -0.198. The van der Waals surface area contributed by atoms with Gasteiger partial charge in [0.05, 0.1) is 25.5 Å². The van der Waals surface area contributed by atoms with Crippen molar-refractivity contribution < 1.29 is 18.4 Å². The van der Waals surface area contributed by atoms with Crippen molar-refractivity contribution in [2.75, 3.05) is 32.8 Å². The zero-order valence-electron chi connectivity index (χ0n) is 16.4. The second kappa shape index (κ2) is 8.20. The fraction of sp³-hybridized carbons (Fsp3) is 0.409. The summed E-state index contributed by atoms with van der Waals surface area (Å²) in [5.41, 5.74) is 2.85. The average Bonchev–Trinajstić information content (AvgIpc) is 3.37. The van der Waals surface area contributed by atoms with E-state index in [0.29, 0.717) is 25.5 Å². The van der Waals surface area contributed by atoms with Crippen molar-refractivity contribution in [2.24, 2.45) is 0 Å². The number of aryl methyl sites for hydroxylation is 2. The first-order valence-corrected chi connectivity index (χ1v) is 9.82. The number of nitrogens with zero attached hydrogens (tertiary/aromatic N) is 1. The van der Waals surface area contributed by atoms with E-state index in [4.69, 9.17) is 13.6 Å². The molecule has 3 heterocycles. The van der Waals surface area contributed by atoms with Gasteiger partial charge in [0, 0.05) is 30.6 Å². The van der Waals surface area contributed by atoms with E-state index in [1.54, 1.807) is 6.26 Å². The molecule has 1 amide bonds. The Hall–Kier alpha value is -2.57. The van der Waals surface area contributed by atoms with Crippen molar-refractivity contribution in [1.82, 2.24) is 10.2 Å². The normalized spacial score (nSPS) is 16.4. The molecule has 3 aromatic rings. The van der Waals surface area contributed by atoms with Crippen LogP contribution in [0.25, 0.3) is 11.0 Å². The van der Waals surface area contributed by atoms with Crippen LogP contribution < -0.4 is 5.32 Å². The molecule has 148 valence electrons. The highest BCUT2D eigenvalue weighted by Crippen LogP contribution is 2.27. The predicted molar refractivity (Wildman–Crippen MR) is 107 cm³/mol. The number of ether oxygens (including phenoxy) is 1. The highest BCUT2D eigenvalue weighted by molar-refractivity contribution is 5.99. The minimum absolute atomic E-state index is 0.0285. The summed E-state index contributed by atoms with van der Waals surface area (Å²) >= 11 is 0. The van der Waals surface area contributed by atoms with Gasteiger partial charge in [-0.2, -0.15) is 0 Å². The zero-order valence-corrected chi connectivity index (χ0v) is 16.4. The number of amides is 1. The first kappa shape index (κ1) is 18.8. The second-order valence-corrected chi connectivity index (χ2v) is 7.13. The molecule has 0 saturated carbocycles. The lowest BCUT2D eigenvalue weighted by Gasteiger charge is -2.33. The molecule has 1 saturated heterocycles. The molecule has 1 unspecified atom stereocenters. The number of carbonyl (C=O) groups is 1. The molecule has 28 heavy (non-hydrogen) atoms. The first-order chi connectivity index (χ1) is 13.7. The van der Waals surface area contributed by atoms with Gasteiger partial charge in [-0.3, -0.25) is 9.69 Å². The molecule has 1 aromatic carbocycles. The smallest absolute Gasteiger partial charge is 0.287 e. The van der Waals surface area contributed by atoms with Crippen LogP contribution in [0.1, 0.15) is 40.4 Å². The minimum Gasteiger partial charge on any atom is -0.468 e. The van der Waals surface area contributed by atoms with Gasteiger partial charge in [-0.15, -0.1) is 0 Å². The summed E-state index contributed by atoms with van der Waals surface area (Å²) < 4.78 is 16.9. The van der Waals surface area contributed by atoms with Crippen LogP contribution in [0.2, 0.25) is 0 Å². The van der Waals surface area contributed by atoms with Crippen LogP contribution in [0.3, 0.4) is 0 Å². The van der Waals surface area contributed by atoms with Crippen molar-refractivity contribution in [2.45, 2.75) is 26.3 Å². The van der Waals surface area contributed by atoms with Crippen LogP contribution in [0.4, 0.5) is 0 Å². The number of hydrogen-bond acceptors (Lipinski definition) is 5. The number of rotatable bonds is 6. The Balaban J connectivity index is 1.52. The monoisotopic (exact) mass is 382 g/mol. The standard InChI is InChI=1S/C22H26N2O4/c1-3-16-6-7-19-17(13-16)15(2)21(28-19)22(25)23-14-18(20-5-4-10-27-20)24-8-11-26-12-9-24/h4-7,10,13,18H,3,8-9,11-12,14H2,1-2H3,(H,23,25). The molecule has 0 spiro atoms. The third kappa shape index (κ3) is 3.70. The van der Waals surface area contributed by atoms with Gasteiger partial charge in [-0.05, 0) is 43.2 Å². The van der Waals surface area contributed by atoms with Crippen molar-refractivity contribution in [3.8, 4) is 0 Å². The lowest BCUT2D eigenvalue weighted by Crippen LogP contribution is -2.43. The summed E-state index contributed by atoms with van der Waals surface area (Å²) in [5, 5.41) is 4.04. The molecule has 1 fully saturated rings. The topological polar surface area (TPSA) is 67.9 Å². The Morgan fingerprint density at radius 2 is 2.07 bits per heavy atom. The number of furan rings is 2. The number of nitrogens with one attached hydrogen (secondary N) is 1. The molecule has 4 rings (SSSR count). The summed E-state index contributed by atoms with van der Waals surface area (Å²) in [5.74, 6) is 1.02. The van der Waals surface area contributed by atoms with Crippen LogP contribution in [-0.4, -0.2) is 43.7 Å². The summed E-state index contributed by atoms with van der Waals surface area (Å²) in [6.07, 6.45) is 2.62. The van der Waals surface area contributed by atoms with E-state index in [1.807, 2.05) is 31.2 Å². The Morgan fingerprint density at radius 1 is 1.25 bits per heavy atom. The Labute approximate surface area is 164 Å². The molecule has 0 aliphatic carbocycles. The molecule has 1 N–H and O–H groups in total. The fourth-order valence-corrected chi connectivity index (χ4v) is 3.75. The number of morpholine rings is 1. The van der Waals surface area contributed by atoms with Gasteiger partial charge < -0.3 is 18.9 Å². The molecule has 1 atom stereocenters. The van der Waals surface area contributed by atoms with Crippen LogP contribution >= 0.6 is 0 Å². The van der Waals surface area contributed by atoms with E-state index < -0.39 is 0 Å². The van der Waals surface area contributed by atoms with Gasteiger partial charge in [-0.25, -0.2) is 0 Å². The first-order valence-electron chi connectivity index (χ1n) is 9.82.